The molecule has 1 aliphatic heterocycles. The van der Waals surface area contributed by atoms with Crippen molar-refractivity contribution in [3.05, 3.63) is 40.3 Å². The van der Waals surface area contributed by atoms with Crippen LogP contribution in [0.25, 0.3) is 11.4 Å². The summed E-state index contributed by atoms with van der Waals surface area (Å²) in [6.45, 7) is 8.90. The molecular formula is C22H31N5O4. The van der Waals surface area contributed by atoms with E-state index in [9.17, 15) is 9.59 Å². The van der Waals surface area contributed by atoms with Gasteiger partial charge in [0.15, 0.2) is 5.82 Å². The summed E-state index contributed by atoms with van der Waals surface area (Å²) in [6, 6.07) is 7.33. The number of aromatic nitrogens is 3. The summed E-state index contributed by atoms with van der Waals surface area (Å²) < 4.78 is 11.0. The summed E-state index contributed by atoms with van der Waals surface area (Å²) in [5.41, 5.74) is 0.634. The Labute approximate surface area is 182 Å². The molecular weight excluding hydrogens is 398 g/mol. The lowest BCUT2D eigenvalue weighted by Gasteiger charge is -2.26. The molecule has 0 aliphatic carbocycles. The van der Waals surface area contributed by atoms with Crippen molar-refractivity contribution in [1.29, 1.82) is 0 Å². The first kappa shape index (κ1) is 22.9. The minimum absolute atomic E-state index is 0.0493. The van der Waals surface area contributed by atoms with Crippen molar-refractivity contribution < 1.29 is 14.3 Å². The standard InChI is InChI=1S/C22H31N5O4/c1-16(2)31-18-6-3-5-17(15-18)21-24-22(29)19(25-26-21)7-8-20(28)23-9-4-10-27-11-13-30-14-12-27/h3,5-6,15-16H,4,7-14H2,1-2H3,(H,23,28)(H,24,26,29). The maximum Gasteiger partial charge on any atom is 0.273 e. The molecule has 1 amide bonds. The second-order valence-corrected chi connectivity index (χ2v) is 7.80. The minimum Gasteiger partial charge on any atom is -0.491 e. The van der Waals surface area contributed by atoms with Crippen molar-refractivity contribution in [3.8, 4) is 17.1 Å². The molecule has 0 spiro atoms. The summed E-state index contributed by atoms with van der Waals surface area (Å²) in [5.74, 6) is 0.978. The van der Waals surface area contributed by atoms with Crippen molar-refractivity contribution in [3.63, 3.8) is 0 Å². The highest BCUT2D eigenvalue weighted by molar-refractivity contribution is 5.76. The molecule has 1 fully saturated rings. The summed E-state index contributed by atoms with van der Waals surface area (Å²) in [4.78, 5) is 29.5. The van der Waals surface area contributed by atoms with Crippen LogP contribution < -0.4 is 15.6 Å². The lowest BCUT2D eigenvalue weighted by molar-refractivity contribution is -0.121. The molecule has 1 aliphatic rings. The fraction of sp³-hybridized carbons (Fsp3) is 0.545. The number of aryl methyl sites for hydroxylation is 1. The van der Waals surface area contributed by atoms with E-state index >= 15 is 0 Å². The van der Waals surface area contributed by atoms with Gasteiger partial charge in [0.1, 0.15) is 11.4 Å². The molecule has 0 atom stereocenters. The van der Waals surface area contributed by atoms with Crippen LogP contribution in [-0.4, -0.2) is 71.5 Å². The Morgan fingerprint density at radius 1 is 1.29 bits per heavy atom. The zero-order valence-electron chi connectivity index (χ0n) is 18.2. The fourth-order valence-corrected chi connectivity index (χ4v) is 3.32. The van der Waals surface area contributed by atoms with E-state index in [0.29, 0.717) is 23.7 Å². The number of morpholine rings is 1. The zero-order chi connectivity index (χ0) is 22.1. The molecule has 0 saturated carbocycles. The van der Waals surface area contributed by atoms with E-state index < -0.39 is 0 Å². The molecule has 1 saturated heterocycles. The van der Waals surface area contributed by atoms with Gasteiger partial charge in [-0.3, -0.25) is 14.5 Å². The van der Waals surface area contributed by atoms with Crippen molar-refractivity contribution in [2.75, 3.05) is 39.4 Å². The fourth-order valence-electron chi connectivity index (χ4n) is 3.32. The number of carbonyl (C=O) groups is 1. The molecule has 168 valence electrons. The van der Waals surface area contributed by atoms with E-state index in [-0.39, 0.29) is 36.1 Å². The van der Waals surface area contributed by atoms with Gasteiger partial charge in [0.05, 0.1) is 19.3 Å². The number of nitrogens with one attached hydrogen (secondary N) is 2. The van der Waals surface area contributed by atoms with Gasteiger partial charge in [-0.15, -0.1) is 10.2 Å². The van der Waals surface area contributed by atoms with Crippen LogP contribution in [0.5, 0.6) is 5.75 Å². The van der Waals surface area contributed by atoms with Crippen LogP contribution in [-0.2, 0) is 16.0 Å². The lowest BCUT2D eigenvalue weighted by atomic mass is 10.2. The number of aromatic amines is 1. The van der Waals surface area contributed by atoms with Gasteiger partial charge >= 0.3 is 0 Å². The second-order valence-electron chi connectivity index (χ2n) is 7.80. The van der Waals surface area contributed by atoms with Gasteiger partial charge < -0.3 is 19.8 Å². The zero-order valence-corrected chi connectivity index (χ0v) is 18.2. The first-order valence-corrected chi connectivity index (χ1v) is 10.8. The van der Waals surface area contributed by atoms with Crippen LogP contribution in [0.2, 0.25) is 0 Å². The number of rotatable bonds is 10. The van der Waals surface area contributed by atoms with Gasteiger partial charge in [0.25, 0.3) is 5.56 Å². The Bertz CT molecular complexity index is 909. The van der Waals surface area contributed by atoms with Crippen molar-refractivity contribution in [1.82, 2.24) is 25.4 Å². The molecule has 9 heteroatoms. The molecule has 0 unspecified atom stereocenters. The van der Waals surface area contributed by atoms with Gasteiger partial charge in [-0.25, -0.2) is 0 Å². The van der Waals surface area contributed by atoms with Crippen molar-refractivity contribution in [2.45, 2.75) is 39.2 Å². The van der Waals surface area contributed by atoms with E-state index in [1.165, 1.54) is 0 Å². The molecule has 0 bridgehead atoms. The number of nitrogens with zero attached hydrogens (tertiary/aromatic N) is 3. The summed E-state index contributed by atoms with van der Waals surface area (Å²) in [6.07, 6.45) is 1.38. The molecule has 1 aromatic heterocycles. The maximum atomic E-state index is 12.4. The first-order chi connectivity index (χ1) is 15.0. The maximum absolute atomic E-state index is 12.4. The minimum atomic E-state index is -0.333. The summed E-state index contributed by atoms with van der Waals surface area (Å²) in [5, 5.41) is 11.1. The number of hydrogen-bond acceptors (Lipinski definition) is 7. The molecule has 1 aromatic carbocycles. The second kappa shape index (κ2) is 11.6. The highest BCUT2D eigenvalue weighted by Crippen LogP contribution is 2.20. The third-order valence-corrected chi connectivity index (χ3v) is 4.91. The summed E-state index contributed by atoms with van der Waals surface area (Å²) in [7, 11) is 0. The van der Waals surface area contributed by atoms with E-state index in [0.717, 1.165) is 39.3 Å². The Morgan fingerprint density at radius 3 is 2.84 bits per heavy atom. The van der Waals surface area contributed by atoms with Gasteiger partial charge in [-0.1, -0.05) is 12.1 Å². The van der Waals surface area contributed by atoms with E-state index in [2.05, 4.69) is 25.4 Å². The van der Waals surface area contributed by atoms with E-state index in [4.69, 9.17) is 9.47 Å². The van der Waals surface area contributed by atoms with Crippen molar-refractivity contribution in [2.24, 2.45) is 0 Å². The molecule has 31 heavy (non-hydrogen) atoms. The Balaban J connectivity index is 1.46. The Hall–Kier alpha value is -2.78. The largest absolute Gasteiger partial charge is 0.491 e. The van der Waals surface area contributed by atoms with Crippen LogP contribution in [0.3, 0.4) is 0 Å². The van der Waals surface area contributed by atoms with Gasteiger partial charge in [-0.2, -0.15) is 0 Å². The van der Waals surface area contributed by atoms with Crippen molar-refractivity contribution >= 4 is 5.91 Å². The van der Waals surface area contributed by atoms with Crippen LogP contribution in [0.1, 0.15) is 32.4 Å². The normalized spacial score (nSPS) is 14.5. The van der Waals surface area contributed by atoms with Gasteiger partial charge in [-0.05, 0) is 38.9 Å². The average molecular weight is 430 g/mol. The molecule has 3 rings (SSSR count). The number of benzene rings is 1. The highest BCUT2D eigenvalue weighted by atomic mass is 16.5. The number of amides is 1. The SMILES string of the molecule is CC(C)Oc1cccc(-c2nnc(CCC(=O)NCCCN3CCOCC3)c(=O)[nH]2)c1. The van der Waals surface area contributed by atoms with Crippen LogP contribution in [0.4, 0.5) is 0 Å². The van der Waals surface area contributed by atoms with Gasteiger partial charge in [0, 0.05) is 38.0 Å². The van der Waals surface area contributed by atoms with E-state index in [1.807, 2.05) is 38.1 Å². The number of H-pyrrole nitrogens is 1. The Kier molecular flexibility index (Phi) is 8.54. The van der Waals surface area contributed by atoms with Crippen LogP contribution in [0.15, 0.2) is 29.1 Å². The average Bonchev–Trinajstić information content (AvgIpc) is 2.76. The monoisotopic (exact) mass is 429 g/mol. The number of carbonyl (C=O) groups excluding carboxylic acids is 1. The highest BCUT2D eigenvalue weighted by Gasteiger charge is 2.12. The molecule has 2 heterocycles. The topological polar surface area (TPSA) is 109 Å². The summed E-state index contributed by atoms with van der Waals surface area (Å²) >= 11 is 0. The van der Waals surface area contributed by atoms with Crippen LogP contribution >= 0.6 is 0 Å². The quantitative estimate of drug-likeness (QED) is 0.549. The number of ether oxygens (including phenoxy) is 2. The predicted molar refractivity (Wildman–Crippen MR) is 117 cm³/mol. The molecule has 2 N–H and O–H groups in total. The third kappa shape index (κ3) is 7.45. The number of hydrogen-bond donors (Lipinski definition) is 2. The first-order valence-electron chi connectivity index (χ1n) is 10.8. The van der Waals surface area contributed by atoms with E-state index in [1.54, 1.807) is 0 Å². The molecule has 9 nitrogen and oxygen atoms in total. The van der Waals surface area contributed by atoms with Crippen LogP contribution in [0, 0.1) is 0 Å². The molecule has 2 aromatic rings. The predicted octanol–water partition coefficient (Wildman–Crippen LogP) is 1.39. The third-order valence-electron chi connectivity index (χ3n) is 4.91. The van der Waals surface area contributed by atoms with Gasteiger partial charge in [0.2, 0.25) is 5.91 Å². The molecule has 0 radical (unpaired) electrons. The smallest absolute Gasteiger partial charge is 0.273 e. The lowest BCUT2D eigenvalue weighted by Crippen LogP contribution is -2.38. The Morgan fingerprint density at radius 2 is 2.10 bits per heavy atom.